The number of hydrogen-bond acceptors (Lipinski definition) is 2. The Morgan fingerprint density at radius 2 is 1.33 bits per heavy atom. The van der Waals surface area contributed by atoms with Gasteiger partial charge in [-0.3, -0.25) is 4.79 Å². The second-order valence-electron chi connectivity index (χ2n) is 1.89. The quantitative estimate of drug-likeness (QED) is 0.500. The standard InChI is InChI=1S/C8H8O2.5H2O/c1-10-8-4-2-7(6-9)3-5-8;;;;;/h2-6H,1H3;5*1H2. The molecule has 92 valence electrons. The van der Waals surface area contributed by atoms with Crippen molar-refractivity contribution in [3.05, 3.63) is 29.8 Å². The number of ether oxygens (including phenoxy) is 1. The van der Waals surface area contributed by atoms with Crippen LogP contribution in [0.3, 0.4) is 0 Å². The number of carbonyl (C=O) groups excluding carboxylic acids is 1. The number of rotatable bonds is 2. The topological polar surface area (TPSA) is 184 Å². The van der Waals surface area contributed by atoms with Crippen molar-refractivity contribution < 1.29 is 36.9 Å². The number of aldehydes is 1. The van der Waals surface area contributed by atoms with Crippen LogP contribution < -0.4 is 4.74 Å². The van der Waals surface area contributed by atoms with Gasteiger partial charge in [0.15, 0.2) is 0 Å². The summed E-state index contributed by atoms with van der Waals surface area (Å²) in [6, 6.07) is 6.94. The maximum Gasteiger partial charge on any atom is 0.150 e. The van der Waals surface area contributed by atoms with E-state index >= 15 is 0 Å². The van der Waals surface area contributed by atoms with Crippen molar-refractivity contribution in [2.75, 3.05) is 7.11 Å². The van der Waals surface area contributed by atoms with Gasteiger partial charge in [-0.05, 0) is 24.3 Å². The van der Waals surface area contributed by atoms with E-state index in [0.717, 1.165) is 12.0 Å². The van der Waals surface area contributed by atoms with Gasteiger partial charge in [-0.2, -0.15) is 0 Å². The molecule has 10 N–H and O–H groups in total. The second-order valence-corrected chi connectivity index (χ2v) is 1.89. The van der Waals surface area contributed by atoms with Crippen molar-refractivity contribution in [2.24, 2.45) is 0 Å². The lowest BCUT2D eigenvalue weighted by molar-refractivity contribution is 0.112. The average Bonchev–Trinajstić information content (AvgIpc) is 2.05. The summed E-state index contributed by atoms with van der Waals surface area (Å²) in [7, 11) is 1.59. The highest BCUT2D eigenvalue weighted by Gasteiger charge is 1.89. The minimum Gasteiger partial charge on any atom is -0.497 e. The van der Waals surface area contributed by atoms with Gasteiger partial charge in [0.2, 0.25) is 0 Å². The normalized spacial score (nSPS) is 5.93. The van der Waals surface area contributed by atoms with Crippen molar-refractivity contribution >= 4 is 6.29 Å². The molecule has 0 amide bonds. The van der Waals surface area contributed by atoms with E-state index in [2.05, 4.69) is 0 Å². The fourth-order valence-electron chi connectivity index (χ4n) is 0.682. The number of hydrogen-bond donors (Lipinski definition) is 0. The molecule has 0 spiro atoms. The zero-order valence-electron chi connectivity index (χ0n) is 8.20. The summed E-state index contributed by atoms with van der Waals surface area (Å²) < 4.78 is 4.90. The first-order valence-electron chi connectivity index (χ1n) is 2.96. The Morgan fingerprint density at radius 1 is 0.933 bits per heavy atom. The Balaban J connectivity index is -0.0000000667. The van der Waals surface area contributed by atoms with Crippen LogP contribution in [0, 0.1) is 0 Å². The smallest absolute Gasteiger partial charge is 0.150 e. The molecule has 0 aliphatic heterocycles. The van der Waals surface area contributed by atoms with Crippen LogP contribution in [0.5, 0.6) is 5.75 Å². The van der Waals surface area contributed by atoms with E-state index in [9.17, 15) is 4.79 Å². The maximum atomic E-state index is 10.2. The molecule has 7 nitrogen and oxygen atoms in total. The molecule has 0 aromatic heterocycles. The Kier molecular flexibility index (Phi) is 29.2. The molecule has 0 aliphatic rings. The molecule has 1 aromatic rings. The van der Waals surface area contributed by atoms with Crippen molar-refractivity contribution in [1.82, 2.24) is 0 Å². The molecule has 0 atom stereocenters. The molecular formula is C8H18O7. The third-order valence-corrected chi connectivity index (χ3v) is 1.25. The Labute approximate surface area is 86.8 Å². The highest BCUT2D eigenvalue weighted by atomic mass is 16.5. The average molecular weight is 226 g/mol. The summed E-state index contributed by atoms with van der Waals surface area (Å²) >= 11 is 0. The van der Waals surface area contributed by atoms with E-state index in [1.807, 2.05) is 0 Å². The maximum absolute atomic E-state index is 10.2. The summed E-state index contributed by atoms with van der Waals surface area (Å²) in [6.45, 7) is 0. The highest BCUT2D eigenvalue weighted by molar-refractivity contribution is 5.74. The van der Waals surface area contributed by atoms with Crippen molar-refractivity contribution in [1.29, 1.82) is 0 Å². The van der Waals surface area contributed by atoms with Crippen molar-refractivity contribution in [2.45, 2.75) is 0 Å². The van der Waals surface area contributed by atoms with Gasteiger partial charge in [0.1, 0.15) is 12.0 Å². The molecule has 0 saturated carbocycles. The lowest BCUT2D eigenvalue weighted by atomic mass is 10.2. The largest absolute Gasteiger partial charge is 0.497 e. The molecular weight excluding hydrogens is 208 g/mol. The lowest BCUT2D eigenvalue weighted by Crippen LogP contribution is -1.82. The molecule has 0 fully saturated rings. The van der Waals surface area contributed by atoms with Gasteiger partial charge >= 0.3 is 0 Å². The van der Waals surface area contributed by atoms with Gasteiger partial charge in [-0.1, -0.05) is 0 Å². The zero-order chi connectivity index (χ0) is 7.40. The molecule has 0 unspecified atom stereocenters. The molecule has 0 heterocycles. The molecule has 0 radical (unpaired) electrons. The molecule has 7 heteroatoms. The third-order valence-electron chi connectivity index (χ3n) is 1.25. The van der Waals surface area contributed by atoms with Crippen LogP contribution in [0.1, 0.15) is 10.4 Å². The van der Waals surface area contributed by atoms with Crippen LogP contribution >= 0.6 is 0 Å². The van der Waals surface area contributed by atoms with E-state index < -0.39 is 0 Å². The van der Waals surface area contributed by atoms with Gasteiger partial charge in [0.25, 0.3) is 0 Å². The molecule has 1 rings (SSSR count). The molecule has 15 heavy (non-hydrogen) atoms. The predicted octanol–water partition coefficient (Wildman–Crippen LogP) is -2.62. The van der Waals surface area contributed by atoms with Crippen LogP contribution in [-0.4, -0.2) is 40.8 Å². The fourth-order valence-corrected chi connectivity index (χ4v) is 0.682. The number of carbonyl (C=O) groups is 1. The number of benzene rings is 1. The third kappa shape index (κ3) is 8.81. The highest BCUT2D eigenvalue weighted by Crippen LogP contribution is 2.09. The van der Waals surface area contributed by atoms with Crippen molar-refractivity contribution in [3.8, 4) is 5.75 Å². The first-order chi connectivity index (χ1) is 4.86. The predicted molar refractivity (Wildman–Crippen MR) is 56.5 cm³/mol. The zero-order valence-corrected chi connectivity index (χ0v) is 8.20. The minimum absolute atomic E-state index is 0. The molecule has 1 aromatic carbocycles. The first kappa shape index (κ1) is 29.2. The summed E-state index contributed by atoms with van der Waals surface area (Å²) in [5.74, 6) is 0.769. The van der Waals surface area contributed by atoms with Gasteiger partial charge in [-0.25, -0.2) is 0 Å². The van der Waals surface area contributed by atoms with E-state index in [1.165, 1.54) is 0 Å². The van der Waals surface area contributed by atoms with Crippen LogP contribution in [0.4, 0.5) is 0 Å². The van der Waals surface area contributed by atoms with E-state index in [4.69, 9.17) is 4.74 Å². The van der Waals surface area contributed by atoms with E-state index in [0.29, 0.717) is 5.56 Å². The van der Waals surface area contributed by atoms with Crippen LogP contribution in [0.25, 0.3) is 0 Å². The van der Waals surface area contributed by atoms with Crippen LogP contribution in [0.15, 0.2) is 24.3 Å². The summed E-state index contributed by atoms with van der Waals surface area (Å²) in [5.41, 5.74) is 0.667. The molecule has 0 aliphatic carbocycles. The van der Waals surface area contributed by atoms with Crippen molar-refractivity contribution in [3.63, 3.8) is 0 Å². The Bertz CT molecular complexity index is 221. The molecule has 0 bridgehead atoms. The lowest BCUT2D eigenvalue weighted by Gasteiger charge is -1.96. The molecule has 0 saturated heterocycles. The van der Waals surface area contributed by atoms with E-state index in [1.54, 1.807) is 31.4 Å². The first-order valence-corrected chi connectivity index (χ1v) is 2.96. The van der Waals surface area contributed by atoms with Crippen LogP contribution in [-0.2, 0) is 0 Å². The fraction of sp³-hybridized carbons (Fsp3) is 0.125. The summed E-state index contributed by atoms with van der Waals surface area (Å²) in [5, 5.41) is 0. The summed E-state index contributed by atoms with van der Waals surface area (Å²) in [4.78, 5) is 10.2. The SMILES string of the molecule is COc1ccc(C=O)cc1.O.O.O.O.O. The Hall–Kier alpha value is -1.51. The van der Waals surface area contributed by atoms with Gasteiger partial charge in [-0.15, -0.1) is 0 Å². The Morgan fingerprint density at radius 3 is 1.60 bits per heavy atom. The van der Waals surface area contributed by atoms with Gasteiger partial charge in [0.05, 0.1) is 7.11 Å². The van der Waals surface area contributed by atoms with Crippen LogP contribution in [0.2, 0.25) is 0 Å². The second kappa shape index (κ2) is 15.0. The minimum atomic E-state index is 0. The summed E-state index contributed by atoms with van der Waals surface area (Å²) in [6.07, 6.45) is 0.805. The monoisotopic (exact) mass is 226 g/mol. The van der Waals surface area contributed by atoms with E-state index in [-0.39, 0.29) is 27.4 Å². The number of methoxy groups -OCH3 is 1. The van der Waals surface area contributed by atoms with Gasteiger partial charge in [0, 0.05) is 5.56 Å². The van der Waals surface area contributed by atoms with Gasteiger partial charge < -0.3 is 32.1 Å².